The highest BCUT2D eigenvalue weighted by Gasteiger charge is 2.28. The number of urea groups is 2. The first-order valence-corrected chi connectivity index (χ1v) is 29.1. The molecule has 0 radical (unpaired) electrons. The highest BCUT2D eigenvalue weighted by Crippen LogP contribution is 2.41. The van der Waals surface area contributed by atoms with Crippen LogP contribution in [0.4, 0.5) is 31.2 Å². The van der Waals surface area contributed by atoms with Crippen LogP contribution in [-0.2, 0) is 11.5 Å². The third-order valence-electron chi connectivity index (χ3n) is 11.9. The number of hydrogen-bond donors (Lipinski definition) is 6. The van der Waals surface area contributed by atoms with Gasteiger partial charge in [-0.15, -0.1) is 23.5 Å². The van der Waals surface area contributed by atoms with E-state index < -0.39 is 12.1 Å². The predicted molar refractivity (Wildman–Crippen MR) is 297 cm³/mol. The fourth-order valence-electron chi connectivity index (χ4n) is 8.35. The molecule has 4 heterocycles. The summed E-state index contributed by atoms with van der Waals surface area (Å²) in [6.45, 7) is 1.96. The molecule has 4 aromatic heterocycles. The second-order valence-electron chi connectivity index (χ2n) is 17.1. The van der Waals surface area contributed by atoms with Gasteiger partial charge >= 0.3 is 12.1 Å². The van der Waals surface area contributed by atoms with Gasteiger partial charge in [0.25, 0.3) is 0 Å². The first kappa shape index (κ1) is 51.7. The van der Waals surface area contributed by atoms with Crippen LogP contribution in [0.15, 0.2) is 156 Å². The number of aromatic nitrogens is 6. The van der Waals surface area contributed by atoms with Gasteiger partial charge < -0.3 is 20.6 Å². The number of amides is 4. The minimum atomic E-state index is -0.424. The van der Waals surface area contributed by atoms with Crippen LogP contribution in [0.3, 0.4) is 0 Å². The number of thioether (sulfide) groups is 2. The van der Waals surface area contributed by atoms with Crippen molar-refractivity contribution in [2.75, 3.05) is 21.3 Å². The van der Waals surface area contributed by atoms with Crippen molar-refractivity contribution in [1.82, 2.24) is 29.9 Å². The number of ketones is 2. The zero-order valence-corrected chi connectivity index (χ0v) is 44.6. The number of thiazole rings is 2. The van der Waals surface area contributed by atoms with Crippen molar-refractivity contribution in [3.63, 3.8) is 0 Å². The van der Waals surface area contributed by atoms with Gasteiger partial charge in [-0.3, -0.25) is 20.2 Å². The van der Waals surface area contributed by atoms with Crippen molar-refractivity contribution in [2.24, 2.45) is 11.8 Å². The SMILES string of the molecule is Cc1ccc(NC(=O)Nc2nc(CSc3ccccc3)c(Sc3ncc[nH]3)s2)c(C(=O)C2CCCC2)c1.O=C(Nc1nc(CSc2ccccc2)c(Sc2ncc[nH]2)s1)Nc1ccccc1C(=O)C1CCCC1. The fourth-order valence-corrected chi connectivity index (χ4v) is 14.4. The molecule has 374 valence electrons. The number of carbonyl (C=O) groups excluding carboxylic acids is 4. The summed E-state index contributed by atoms with van der Waals surface area (Å²) in [5.74, 6) is 1.62. The lowest BCUT2D eigenvalue weighted by Crippen LogP contribution is -2.22. The van der Waals surface area contributed by atoms with Crippen molar-refractivity contribution in [3.8, 4) is 0 Å². The van der Waals surface area contributed by atoms with Gasteiger partial charge in [-0.05, 0) is 105 Å². The molecule has 0 unspecified atom stereocenters. The average molecular weight is 1090 g/mol. The van der Waals surface area contributed by atoms with Crippen LogP contribution >= 0.6 is 69.7 Å². The number of nitrogens with zero attached hydrogens (tertiary/aromatic N) is 4. The van der Waals surface area contributed by atoms with Gasteiger partial charge in [0.1, 0.15) is 0 Å². The van der Waals surface area contributed by atoms with E-state index in [0.717, 1.165) is 96.8 Å². The van der Waals surface area contributed by atoms with Crippen LogP contribution in [0.5, 0.6) is 0 Å². The van der Waals surface area contributed by atoms with Gasteiger partial charge in [-0.2, -0.15) is 0 Å². The van der Waals surface area contributed by atoms with E-state index in [9.17, 15) is 19.2 Å². The molecule has 10 rings (SSSR count). The van der Waals surface area contributed by atoms with E-state index >= 15 is 0 Å². The lowest BCUT2D eigenvalue weighted by molar-refractivity contribution is 0.0916. The number of benzene rings is 4. The van der Waals surface area contributed by atoms with Gasteiger partial charge in [0.05, 0.1) is 31.2 Å². The molecule has 2 fully saturated rings. The van der Waals surface area contributed by atoms with Gasteiger partial charge in [-0.1, -0.05) is 109 Å². The number of Topliss-reactive ketones (excluding diaryl/α,β-unsaturated/α-hetero) is 2. The van der Waals surface area contributed by atoms with E-state index in [1.165, 1.54) is 46.2 Å². The Kier molecular flexibility index (Phi) is 18.2. The van der Waals surface area contributed by atoms with Crippen LogP contribution < -0.4 is 21.3 Å². The van der Waals surface area contributed by atoms with E-state index in [-0.39, 0.29) is 23.4 Å². The third kappa shape index (κ3) is 14.5. The van der Waals surface area contributed by atoms with Crippen LogP contribution in [-0.4, -0.2) is 53.5 Å². The number of aryl methyl sites for hydroxylation is 1. The summed E-state index contributed by atoms with van der Waals surface area (Å²) in [6.07, 6.45) is 15.0. The summed E-state index contributed by atoms with van der Waals surface area (Å²) < 4.78 is 1.92. The van der Waals surface area contributed by atoms with E-state index in [4.69, 9.17) is 9.97 Å². The summed E-state index contributed by atoms with van der Waals surface area (Å²) in [6, 6.07) is 32.2. The Balaban J connectivity index is 0.000000180. The summed E-state index contributed by atoms with van der Waals surface area (Å²) in [5.41, 5.74) is 4.94. The maximum absolute atomic E-state index is 13.2. The maximum atomic E-state index is 13.2. The first-order valence-electron chi connectivity index (χ1n) is 23.8. The van der Waals surface area contributed by atoms with E-state index in [1.54, 1.807) is 66.5 Å². The molecule has 0 aliphatic heterocycles. The predicted octanol–water partition coefficient (Wildman–Crippen LogP) is 15.0. The van der Waals surface area contributed by atoms with E-state index in [0.29, 0.717) is 44.3 Å². The summed E-state index contributed by atoms with van der Waals surface area (Å²) >= 11 is 9.16. The highest BCUT2D eigenvalue weighted by atomic mass is 32.2. The van der Waals surface area contributed by atoms with Crippen molar-refractivity contribution >= 4 is 115 Å². The molecule has 8 aromatic rings. The van der Waals surface area contributed by atoms with Crippen molar-refractivity contribution in [2.45, 2.75) is 98.3 Å². The highest BCUT2D eigenvalue weighted by molar-refractivity contribution is 8.01. The number of anilines is 4. The monoisotopic (exact) mass is 1080 g/mol. The molecule has 2 aliphatic carbocycles. The Morgan fingerprint density at radius 1 is 0.562 bits per heavy atom. The Morgan fingerprint density at radius 3 is 1.49 bits per heavy atom. The van der Waals surface area contributed by atoms with Gasteiger partial charge in [0.15, 0.2) is 32.1 Å². The third-order valence-corrected chi connectivity index (χ3v) is 18.2. The number of para-hydroxylation sites is 1. The van der Waals surface area contributed by atoms with Crippen molar-refractivity contribution in [3.05, 3.63) is 156 Å². The number of rotatable bonds is 18. The molecular formula is C53H52N10O4S6. The number of imidazole rings is 2. The van der Waals surface area contributed by atoms with Gasteiger partial charge in [-0.25, -0.2) is 29.5 Å². The second-order valence-corrected chi connectivity index (χ2v) is 23.8. The summed E-state index contributed by atoms with van der Waals surface area (Å²) in [7, 11) is 0. The largest absolute Gasteiger partial charge is 0.339 e. The quantitative estimate of drug-likeness (QED) is 0.0351. The zero-order chi connectivity index (χ0) is 50.4. The molecule has 20 heteroatoms. The molecule has 0 saturated heterocycles. The minimum Gasteiger partial charge on any atom is -0.339 e. The first-order chi connectivity index (χ1) is 35.7. The Hall–Kier alpha value is -6.16. The van der Waals surface area contributed by atoms with E-state index in [1.807, 2.05) is 67.6 Å². The smallest absolute Gasteiger partial charge is 0.325 e. The van der Waals surface area contributed by atoms with Crippen LogP contribution in [0.2, 0.25) is 0 Å². The molecule has 0 bridgehead atoms. The van der Waals surface area contributed by atoms with Crippen molar-refractivity contribution in [1.29, 1.82) is 0 Å². The maximum Gasteiger partial charge on any atom is 0.325 e. The topological polar surface area (TPSA) is 200 Å². The number of hydrogen-bond acceptors (Lipinski definition) is 14. The lowest BCUT2D eigenvalue weighted by atomic mass is 9.94. The molecular weight excluding hydrogens is 1030 g/mol. The number of carbonyl (C=O) groups is 4. The molecule has 6 N–H and O–H groups in total. The summed E-state index contributed by atoms with van der Waals surface area (Å²) in [5, 5.41) is 14.0. The standard InChI is InChI=1S/C27H27N5O2S3.C26H25N5O2S3/c1-17-11-12-21(20(15-17)23(33)18-7-5-6-8-18)30-25(34)32-27-31-22(16-35-19-9-3-2-4-10-19)24(37-27)36-26-28-13-14-29-26;32-22(17-8-4-5-9-17)19-12-6-7-13-20(19)29-24(33)31-26-30-21(16-34-18-10-2-1-3-11-18)23(36-26)35-25-27-14-15-28-25/h2-4,9-15,18H,5-8,16H2,1H3,(H,28,29)(H2,30,31,32,34);1-3,6-7,10-15,17H,4-5,8-9,16H2,(H,27,28)(H2,29,30,31,33). The molecule has 73 heavy (non-hydrogen) atoms. The normalized spacial score (nSPS) is 13.5. The number of aromatic amines is 2. The summed E-state index contributed by atoms with van der Waals surface area (Å²) in [4.78, 5) is 78.6. The Bertz CT molecular complexity index is 3100. The van der Waals surface area contributed by atoms with Gasteiger partial charge in [0.2, 0.25) is 0 Å². The van der Waals surface area contributed by atoms with Crippen molar-refractivity contribution < 1.29 is 19.2 Å². The van der Waals surface area contributed by atoms with Crippen LogP contribution in [0.25, 0.3) is 0 Å². The molecule has 0 atom stereocenters. The fraction of sp³-hybridized carbons (Fsp3) is 0.245. The lowest BCUT2D eigenvalue weighted by Gasteiger charge is -2.14. The zero-order valence-electron chi connectivity index (χ0n) is 39.7. The number of nitrogens with one attached hydrogen (secondary N) is 6. The Morgan fingerprint density at radius 2 is 1.01 bits per heavy atom. The van der Waals surface area contributed by atoms with Gasteiger partial charge in [0, 0.05) is 69.0 Å². The minimum absolute atomic E-state index is 0.0373. The van der Waals surface area contributed by atoms with Crippen LogP contribution in [0.1, 0.15) is 89.0 Å². The average Bonchev–Trinajstić information content (AvgIpc) is 4.28. The molecule has 0 spiro atoms. The van der Waals surface area contributed by atoms with Crippen LogP contribution in [0, 0.1) is 18.8 Å². The molecule has 2 saturated carbocycles. The molecule has 2 aliphatic rings. The molecule has 14 nitrogen and oxygen atoms in total. The second kappa shape index (κ2) is 25.7. The Labute approximate surface area is 448 Å². The number of H-pyrrole nitrogens is 2. The molecule has 4 amide bonds. The van der Waals surface area contributed by atoms with E-state index in [2.05, 4.69) is 65.5 Å². The molecule has 4 aromatic carbocycles.